The van der Waals surface area contributed by atoms with Crippen LogP contribution in [-0.4, -0.2) is 24.3 Å². The lowest BCUT2D eigenvalue weighted by molar-refractivity contribution is -0.355. The average Bonchev–Trinajstić information content (AvgIpc) is 2.45. The van der Waals surface area contributed by atoms with Gasteiger partial charge in [-0.15, -0.1) is 0 Å². The molecule has 0 bridgehead atoms. The monoisotopic (exact) mass is 379 g/mol. The number of ether oxygens (including phenoxy) is 1. The van der Waals surface area contributed by atoms with Crippen LogP contribution in [0.25, 0.3) is 10.8 Å². The second kappa shape index (κ2) is 5.93. The zero-order chi connectivity index (χ0) is 19.3. The summed E-state index contributed by atoms with van der Waals surface area (Å²) in [7, 11) is -6.62. The number of halogens is 4. The fourth-order valence-electron chi connectivity index (χ4n) is 2.66. The van der Waals surface area contributed by atoms with Crippen molar-refractivity contribution in [1.82, 2.24) is 0 Å². The molecule has 2 aromatic rings. The van der Waals surface area contributed by atoms with Gasteiger partial charge in [0.05, 0.1) is 5.60 Å². The molecule has 0 saturated heterocycles. The van der Waals surface area contributed by atoms with Gasteiger partial charge in [0.25, 0.3) is 0 Å². The molecule has 0 aliphatic rings. The zero-order valence-electron chi connectivity index (χ0n) is 13.5. The highest BCUT2D eigenvalue weighted by molar-refractivity contribution is 7.86. The highest BCUT2D eigenvalue weighted by Crippen LogP contribution is 2.44. The summed E-state index contributed by atoms with van der Waals surface area (Å²) in [6, 6.07) is 10.0. The molecule has 0 heterocycles. The molecule has 0 aliphatic heterocycles. The van der Waals surface area contributed by atoms with Crippen LogP contribution in [0.3, 0.4) is 0 Å². The maximum atomic E-state index is 13.8. The molecule has 0 aromatic heterocycles. The molecule has 0 radical (unpaired) electrons. The van der Waals surface area contributed by atoms with Crippen LogP contribution in [0.4, 0.5) is 17.6 Å². The second-order valence-corrected chi connectivity index (χ2v) is 7.48. The van der Waals surface area contributed by atoms with Gasteiger partial charge in [-0.3, -0.25) is 0 Å². The number of rotatable bonds is 5. The van der Waals surface area contributed by atoms with Gasteiger partial charge in [-0.1, -0.05) is 36.4 Å². The molecule has 0 N–H and O–H groups in total. The van der Waals surface area contributed by atoms with Crippen LogP contribution in [0, 0.1) is 6.92 Å². The summed E-state index contributed by atoms with van der Waals surface area (Å²) in [4.78, 5) is 0. The molecule has 0 unspecified atom stereocenters. The minimum absolute atomic E-state index is 0.157. The summed E-state index contributed by atoms with van der Waals surface area (Å²) in [5.41, 5.74) is -1.33. The standard InChI is InChI=1S/C16H16F4O4S/c1-10-12-7-5-4-6-11(12)8-9-13(10)14(2,3)24-15(17,18)16(19,20)25(21,22)23/h4-9H,1-3H3,(H,21,22,23)/p-1. The maximum Gasteiger partial charge on any atom is 0.434 e. The van der Waals surface area contributed by atoms with Crippen molar-refractivity contribution in [3.63, 3.8) is 0 Å². The van der Waals surface area contributed by atoms with Gasteiger partial charge in [0, 0.05) is 0 Å². The molecule has 2 rings (SSSR count). The van der Waals surface area contributed by atoms with Crippen molar-refractivity contribution in [1.29, 1.82) is 0 Å². The van der Waals surface area contributed by atoms with E-state index in [0.717, 1.165) is 19.2 Å². The first-order valence-electron chi connectivity index (χ1n) is 7.11. The van der Waals surface area contributed by atoms with E-state index in [1.807, 2.05) is 0 Å². The number of alkyl halides is 4. The van der Waals surface area contributed by atoms with Gasteiger partial charge < -0.3 is 9.29 Å². The van der Waals surface area contributed by atoms with Gasteiger partial charge >= 0.3 is 11.4 Å². The topological polar surface area (TPSA) is 66.4 Å². The van der Waals surface area contributed by atoms with E-state index in [0.29, 0.717) is 10.9 Å². The van der Waals surface area contributed by atoms with Crippen LogP contribution in [0.1, 0.15) is 25.0 Å². The Bertz CT molecular complexity index is 907. The molecule has 0 spiro atoms. The molecule has 138 valence electrons. The summed E-state index contributed by atoms with van der Waals surface area (Å²) in [6.45, 7) is 3.78. The zero-order valence-corrected chi connectivity index (χ0v) is 14.3. The fraction of sp³-hybridized carbons (Fsp3) is 0.375. The Kier molecular flexibility index (Phi) is 4.65. The van der Waals surface area contributed by atoms with E-state index in [9.17, 15) is 30.5 Å². The number of aryl methyl sites for hydroxylation is 1. The van der Waals surface area contributed by atoms with Crippen molar-refractivity contribution < 1.29 is 35.3 Å². The summed E-state index contributed by atoms with van der Waals surface area (Å²) in [5, 5.41) is -4.40. The van der Waals surface area contributed by atoms with Crippen LogP contribution in [0.5, 0.6) is 0 Å². The smallest absolute Gasteiger partial charge is 0.434 e. The molecule has 25 heavy (non-hydrogen) atoms. The van der Waals surface area contributed by atoms with Gasteiger partial charge in [-0.25, -0.2) is 8.42 Å². The van der Waals surface area contributed by atoms with E-state index < -0.39 is 27.1 Å². The lowest BCUT2D eigenvalue weighted by Crippen LogP contribution is -2.51. The highest BCUT2D eigenvalue weighted by Gasteiger charge is 2.65. The molecular weight excluding hydrogens is 364 g/mol. The Balaban J connectivity index is 2.51. The highest BCUT2D eigenvalue weighted by atomic mass is 32.2. The lowest BCUT2D eigenvalue weighted by Gasteiger charge is -2.36. The van der Waals surface area contributed by atoms with Crippen LogP contribution in [0.15, 0.2) is 36.4 Å². The Hall–Kier alpha value is -1.71. The first-order chi connectivity index (χ1) is 11.2. The minimum Gasteiger partial charge on any atom is -0.743 e. The van der Waals surface area contributed by atoms with Crippen molar-refractivity contribution >= 4 is 20.9 Å². The summed E-state index contributed by atoms with van der Waals surface area (Å²) in [6.07, 6.45) is -5.50. The molecular formula is C16H15F4O4S-. The summed E-state index contributed by atoms with van der Waals surface area (Å²) in [5.74, 6) is 0. The van der Waals surface area contributed by atoms with Gasteiger partial charge in [0.15, 0.2) is 10.1 Å². The van der Waals surface area contributed by atoms with Crippen LogP contribution in [0.2, 0.25) is 0 Å². The summed E-state index contributed by atoms with van der Waals surface area (Å²) >= 11 is 0. The molecule has 0 atom stereocenters. The predicted octanol–water partition coefficient (Wildman–Crippen LogP) is 4.13. The molecule has 0 fully saturated rings. The fourth-order valence-corrected chi connectivity index (χ4v) is 2.99. The van der Waals surface area contributed by atoms with E-state index in [-0.39, 0.29) is 5.56 Å². The first kappa shape index (κ1) is 19.6. The van der Waals surface area contributed by atoms with Crippen molar-refractivity contribution in [2.45, 2.75) is 37.7 Å². The van der Waals surface area contributed by atoms with Gasteiger partial charge in [0.2, 0.25) is 0 Å². The molecule has 0 saturated carbocycles. The van der Waals surface area contributed by atoms with E-state index in [1.165, 1.54) is 6.07 Å². The van der Waals surface area contributed by atoms with Crippen molar-refractivity contribution in [3.8, 4) is 0 Å². The normalized spacial score (nSPS) is 14.1. The minimum atomic E-state index is -6.62. The van der Waals surface area contributed by atoms with E-state index in [2.05, 4.69) is 4.74 Å². The van der Waals surface area contributed by atoms with E-state index in [1.54, 1.807) is 37.3 Å². The third-order valence-corrected chi connectivity index (χ3v) is 4.75. The van der Waals surface area contributed by atoms with Gasteiger partial charge in [-0.05, 0) is 42.7 Å². The van der Waals surface area contributed by atoms with Crippen molar-refractivity contribution in [3.05, 3.63) is 47.5 Å². The van der Waals surface area contributed by atoms with Crippen LogP contribution in [-0.2, 0) is 20.5 Å². The Labute approximate surface area is 142 Å². The predicted molar refractivity (Wildman–Crippen MR) is 82.4 cm³/mol. The number of hydrogen-bond acceptors (Lipinski definition) is 4. The average molecular weight is 379 g/mol. The van der Waals surface area contributed by atoms with Gasteiger partial charge in [0.1, 0.15) is 0 Å². The van der Waals surface area contributed by atoms with Crippen molar-refractivity contribution in [2.24, 2.45) is 0 Å². The van der Waals surface area contributed by atoms with Crippen LogP contribution < -0.4 is 0 Å². The molecule has 0 amide bonds. The Morgan fingerprint density at radius 3 is 2.12 bits per heavy atom. The van der Waals surface area contributed by atoms with E-state index >= 15 is 0 Å². The Morgan fingerprint density at radius 2 is 1.56 bits per heavy atom. The first-order valence-corrected chi connectivity index (χ1v) is 8.51. The molecule has 2 aromatic carbocycles. The van der Waals surface area contributed by atoms with E-state index in [4.69, 9.17) is 0 Å². The Morgan fingerprint density at radius 1 is 1.00 bits per heavy atom. The van der Waals surface area contributed by atoms with Crippen molar-refractivity contribution in [2.75, 3.05) is 0 Å². The number of fused-ring (bicyclic) bond motifs is 1. The SMILES string of the molecule is Cc1c(C(C)(C)OC(F)(F)C(F)(F)S(=O)(=O)[O-])ccc2ccccc12. The third-order valence-electron chi connectivity index (χ3n) is 3.88. The summed E-state index contributed by atoms with van der Waals surface area (Å²) < 4.78 is 89.9. The lowest BCUT2D eigenvalue weighted by atomic mass is 9.90. The molecule has 4 nitrogen and oxygen atoms in total. The second-order valence-electron chi connectivity index (χ2n) is 6.06. The molecule has 9 heteroatoms. The third kappa shape index (κ3) is 3.36. The number of hydrogen-bond donors (Lipinski definition) is 0. The quantitative estimate of drug-likeness (QED) is 0.579. The largest absolute Gasteiger partial charge is 0.743 e. The maximum absolute atomic E-state index is 13.8. The van der Waals surface area contributed by atoms with Gasteiger partial charge in [-0.2, -0.15) is 17.6 Å². The molecule has 0 aliphatic carbocycles. The van der Waals surface area contributed by atoms with Crippen LogP contribution >= 0.6 is 0 Å². The number of benzene rings is 2.